The van der Waals surface area contributed by atoms with Crippen LogP contribution in [0.5, 0.6) is 0 Å². The highest BCUT2D eigenvalue weighted by molar-refractivity contribution is 7.16. The maximum absolute atomic E-state index is 12.6. The molecule has 7 heteroatoms. The topological polar surface area (TPSA) is 83.6 Å². The molecular weight excluding hydrogens is 292 g/mol. The first-order valence-electron chi connectivity index (χ1n) is 6.63. The van der Waals surface area contributed by atoms with Gasteiger partial charge in [0.15, 0.2) is 10.8 Å². The first-order valence-corrected chi connectivity index (χ1v) is 7.44. The van der Waals surface area contributed by atoms with Crippen molar-refractivity contribution in [3.8, 4) is 10.8 Å². The first kappa shape index (κ1) is 13.8. The molecule has 1 fully saturated rings. The molecule has 0 bridgehead atoms. The predicted octanol–water partition coefficient (Wildman–Crippen LogP) is 2.48. The van der Waals surface area contributed by atoms with Crippen LogP contribution in [-0.2, 0) is 4.79 Å². The van der Waals surface area contributed by atoms with Crippen LogP contribution in [0.15, 0.2) is 29.0 Å². The second kappa shape index (κ2) is 5.33. The molecule has 0 aromatic carbocycles. The van der Waals surface area contributed by atoms with Crippen molar-refractivity contribution in [1.29, 1.82) is 0 Å². The molecule has 3 rings (SSSR count). The maximum atomic E-state index is 12.6. The van der Waals surface area contributed by atoms with Crippen molar-refractivity contribution in [1.82, 2.24) is 9.88 Å². The Balaban J connectivity index is 1.85. The molecule has 2 heterocycles. The number of rotatable bonds is 5. The van der Waals surface area contributed by atoms with Gasteiger partial charge >= 0.3 is 5.97 Å². The minimum Gasteiger partial charge on any atom is -0.480 e. The van der Waals surface area contributed by atoms with E-state index in [1.807, 2.05) is 0 Å². The van der Waals surface area contributed by atoms with Crippen LogP contribution in [-0.4, -0.2) is 39.0 Å². The van der Waals surface area contributed by atoms with Gasteiger partial charge in [-0.3, -0.25) is 4.79 Å². The number of carboxylic acids is 1. The van der Waals surface area contributed by atoms with Gasteiger partial charge in [-0.25, -0.2) is 9.78 Å². The van der Waals surface area contributed by atoms with Crippen molar-refractivity contribution in [3.05, 3.63) is 29.5 Å². The molecule has 1 aliphatic rings. The summed E-state index contributed by atoms with van der Waals surface area (Å²) in [7, 11) is 0. The molecule has 1 unspecified atom stereocenters. The van der Waals surface area contributed by atoms with E-state index in [1.54, 1.807) is 18.4 Å². The lowest BCUT2D eigenvalue weighted by molar-refractivity contribution is -0.141. The van der Waals surface area contributed by atoms with Gasteiger partial charge in [-0.05, 0) is 31.9 Å². The van der Waals surface area contributed by atoms with Crippen LogP contribution in [0.4, 0.5) is 0 Å². The zero-order chi connectivity index (χ0) is 15.0. The fourth-order valence-electron chi connectivity index (χ4n) is 2.14. The summed E-state index contributed by atoms with van der Waals surface area (Å²) in [5, 5.41) is 9.77. The average Bonchev–Trinajstić information content (AvgIpc) is 2.97. The number of carboxylic acid groups (broad SMARTS) is 1. The Hall–Kier alpha value is -2.15. The van der Waals surface area contributed by atoms with Crippen molar-refractivity contribution in [2.24, 2.45) is 0 Å². The first-order chi connectivity index (χ1) is 10.1. The van der Waals surface area contributed by atoms with Gasteiger partial charge in [0.25, 0.3) is 5.91 Å². The summed E-state index contributed by atoms with van der Waals surface area (Å²) in [5.74, 6) is -0.669. The molecule has 0 saturated heterocycles. The van der Waals surface area contributed by atoms with Gasteiger partial charge in [-0.1, -0.05) is 0 Å². The zero-order valence-corrected chi connectivity index (χ0v) is 12.2. The summed E-state index contributed by atoms with van der Waals surface area (Å²) in [6.07, 6.45) is 4.73. The van der Waals surface area contributed by atoms with E-state index in [-0.39, 0.29) is 11.9 Å². The normalized spacial score (nSPS) is 15.7. The lowest BCUT2D eigenvalue weighted by atomic mass is 10.2. The third-order valence-corrected chi connectivity index (χ3v) is 4.40. The van der Waals surface area contributed by atoms with Crippen LogP contribution in [0.3, 0.4) is 0 Å². The molecule has 1 aliphatic carbocycles. The molecule has 2 aromatic heterocycles. The van der Waals surface area contributed by atoms with Gasteiger partial charge in [0.05, 0.1) is 12.5 Å². The number of aromatic nitrogens is 1. The van der Waals surface area contributed by atoms with Crippen LogP contribution in [0, 0.1) is 0 Å². The zero-order valence-electron chi connectivity index (χ0n) is 11.4. The number of hydrogen-bond donors (Lipinski definition) is 1. The Bertz CT molecular complexity index is 660. The second-order valence-electron chi connectivity index (χ2n) is 4.96. The van der Waals surface area contributed by atoms with Crippen LogP contribution in [0.1, 0.15) is 29.4 Å². The Labute approximate surface area is 125 Å². The summed E-state index contributed by atoms with van der Waals surface area (Å²) in [6, 6.07) is 2.71. The maximum Gasteiger partial charge on any atom is 0.326 e. The number of amides is 1. The molecule has 21 heavy (non-hydrogen) atoms. The highest BCUT2D eigenvalue weighted by Gasteiger charge is 2.39. The Morgan fingerprint density at radius 3 is 2.86 bits per heavy atom. The van der Waals surface area contributed by atoms with Gasteiger partial charge in [0, 0.05) is 6.04 Å². The Morgan fingerprint density at radius 2 is 2.29 bits per heavy atom. The van der Waals surface area contributed by atoms with E-state index in [1.165, 1.54) is 29.4 Å². The standard InChI is InChI=1S/C14H14N2O4S/c1-8(14(18)19)16(9-4-5-9)13(17)11-7-15-12(21-11)10-3-2-6-20-10/h2-3,6-9H,4-5H2,1H3,(H,18,19). The average molecular weight is 306 g/mol. The molecule has 1 atom stereocenters. The number of furan rings is 1. The lowest BCUT2D eigenvalue weighted by Crippen LogP contribution is -2.44. The fraction of sp³-hybridized carbons (Fsp3) is 0.357. The molecule has 0 aliphatic heterocycles. The third-order valence-electron chi connectivity index (χ3n) is 3.40. The summed E-state index contributed by atoms with van der Waals surface area (Å²) < 4.78 is 5.25. The van der Waals surface area contributed by atoms with Crippen LogP contribution in [0.2, 0.25) is 0 Å². The van der Waals surface area contributed by atoms with Crippen molar-refractivity contribution in [3.63, 3.8) is 0 Å². The molecule has 1 saturated carbocycles. The summed E-state index contributed by atoms with van der Waals surface area (Å²) in [4.78, 5) is 29.8. The van der Waals surface area contributed by atoms with Crippen molar-refractivity contribution >= 4 is 23.2 Å². The van der Waals surface area contributed by atoms with Crippen LogP contribution >= 0.6 is 11.3 Å². The molecule has 110 valence electrons. The monoisotopic (exact) mass is 306 g/mol. The van der Waals surface area contributed by atoms with E-state index >= 15 is 0 Å². The lowest BCUT2D eigenvalue weighted by Gasteiger charge is -2.25. The van der Waals surface area contributed by atoms with Crippen LogP contribution < -0.4 is 0 Å². The smallest absolute Gasteiger partial charge is 0.326 e. The van der Waals surface area contributed by atoms with E-state index in [4.69, 9.17) is 9.52 Å². The molecule has 0 radical (unpaired) electrons. The van der Waals surface area contributed by atoms with E-state index in [9.17, 15) is 9.59 Å². The molecule has 1 amide bonds. The van der Waals surface area contributed by atoms with E-state index in [2.05, 4.69) is 4.98 Å². The third kappa shape index (κ3) is 2.69. The van der Waals surface area contributed by atoms with Crippen molar-refractivity contribution in [2.75, 3.05) is 0 Å². The predicted molar refractivity (Wildman–Crippen MR) is 76.1 cm³/mol. The molecule has 2 aromatic rings. The Kier molecular flexibility index (Phi) is 3.50. The number of aliphatic carboxylic acids is 1. The van der Waals surface area contributed by atoms with E-state index < -0.39 is 12.0 Å². The van der Waals surface area contributed by atoms with Gasteiger partial charge in [-0.2, -0.15) is 0 Å². The molecule has 6 nitrogen and oxygen atoms in total. The highest BCUT2D eigenvalue weighted by atomic mass is 32.1. The highest BCUT2D eigenvalue weighted by Crippen LogP contribution is 2.32. The number of nitrogens with zero attached hydrogens (tertiary/aromatic N) is 2. The number of hydrogen-bond acceptors (Lipinski definition) is 5. The molecule has 1 N–H and O–H groups in total. The largest absolute Gasteiger partial charge is 0.480 e. The van der Waals surface area contributed by atoms with Gasteiger partial charge in [0.1, 0.15) is 10.9 Å². The number of thiazole rings is 1. The number of carbonyl (C=O) groups is 2. The molecule has 0 spiro atoms. The summed E-state index contributed by atoms with van der Waals surface area (Å²) in [6.45, 7) is 1.53. The van der Waals surface area contributed by atoms with E-state index in [0.29, 0.717) is 15.6 Å². The Morgan fingerprint density at radius 1 is 1.52 bits per heavy atom. The summed E-state index contributed by atoms with van der Waals surface area (Å²) in [5.41, 5.74) is 0. The van der Waals surface area contributed by atoms with Crippen molar-refractivity contribution in [2.45, 2.75) is 31.8 Å². The fourth-order valence-corrected chi connectivity index (χ4v) is 2.97. The minimum atomic E-state index is -0.994. The second-order valence-corrected chi connectivity index (χ2v) is 6.00. The quantitative estimate of drug-likeness (QED) is 0.917. The van der Waals surface area contributed by atoms with E-state index in [0.717, 1.165) is 12.8 Å². The number of carbonyl (C=O) groups excluding carboxylic acids is 1. The van der Waals surface area contributed by atoms with Crippen LogP contribution in [0.25, 0.3) is 10.8 Å². The summed E-state index contributed by atoms with van der Waals surface area (Å²) >= 11 is 1.21. The van der Waals surface area contributed by atoms with Crippen molar-refractivity contribution < 1.29 is 19.1 Å². The van der Waals surface area contributed by atoms with Gasteiger partial charge < -0.3 is 14.4 Å². The SMILES string of the molecule is CC(C(=O)O)N(C(=O)c1cnc(-c2ccco2)s1)C1CC1. The van der Waals surface area contributed by atoms with Gasteiger partial charge in [-0.15, -0.1) is 11.3 Å². The molecular formula is C14H14N2O4S. The van der Waals surface area contributed by atoms with Gasteiger partial charge in [0.2, 0.25) is 0 Å². The minimum absolute atomic E-state index is 0.0257.